The summed E-state index contributed by atoms with van der Waals surface area (Å²) in [5, 5.41) is 20.6. The minimum Gasteiger partial charge on any atom is -0.506 e. The van der Waals surface area contributed by atoms with Crippen LogP contribution in [0, 0.1) is 18.8 Å². The highest BCUT2D eigenvalue weighted by atomic mass is 127. The maximum absolute atomic E-state index is 9.67. The lowest BCUT2D eigenvalue weighted by Crippen LogP contribution is -1.94. The molecular formula is C10H8I2N4OS. The summed E-state index contributed by atoms with van der Waals surface area (Å²) in [4.78, 5) is 0. The van der Waals surface area contributed by atoms with Crippen molar-refractivity contribution in [2.75, 3.05) is 0 Å². The zero-order valence-electron chi connectivity index (χ0n) is 9.19. The van der Waals surface area contributed by atoms with Crippen molar-refractivity contribution in [2.45, 2.75) is 6.92 Å². The Kier molecular flexibility index (Phi) is 4.37. The Morgan fingerprint density at radius 2 is 2.06 bits per heavy atom. The van der Waals surface area contributed by atoms with Crippen LogP contribution in [0.15, 0.2) is 17.2 Å². The number of aryl methyl sites for hydroxylation is 1. The molecule has 0 atom stereocenters. The van der Waals surface area contributed by atoms with Gasteiger partial charge in [0.25, 0.3) is 0 Å². The van der Waals surface area contributed by atoms with Crippen LogP contribution in [0.1, 0.15) is 11.4 Å². The van der Waals surface area contributed by atoms with Crippen molar-refractivity contribution >= 4 is 63.6 Å². The predicted octanol–water partition coefficient (Wildman–Crippen LogP) is 3.05. The first-order valence-corrected chi connectivity index (χ1v) is 7.42. The molecule has 0 aliphatic carbocycles. The van der Waals surface area contributed by atoms with Crippen LogP contribution < -0.4 is 0 Å². The van der Waals surface area contributed by atoms with E-state index >= 15 is 0 Å². The molecule has 2 N–H and O–H groups in total. The zero-order valence-corrected chi connectivity index (χ0v) is 14.3. The number of hydrogen-bond donors (Lipinski definition) is 2. The van der Waals surface area contributed by atoms with Crippen LogP contribution in [0.5, 0.6) is 5.75 Å². The molecule has 0 radical (unpaired) electrons. The van der Waals surface area contributed by atoms with E-state index in [2.05, 4.69) is 60.5 Å². The second-order valence-corrected chi connectivity index (χ2v) is 6.18. The molecule has 5 nitrogen and oxygen atoms in total. The van der Waals surface area contributed by atoms with Crippen molar-refractivity contribution in [3.8, 4) is 5.75 Å². The second-order valence-electron chi connectivity index (χ2n) is 3.47. The van der Waals surface area contributed by atoms with Crippen LogP contribution in [-0.2, 0) is 0 Å². The monoisotopic (exact) mass is 486 g/mol. The lowest BCUT2D eigenvalue weighted by Gasteiger charge is -2.02. The summed E-state index contributed by atoms with van der Waals surface area (Å²) in [6.07, 6.45) is 1.68. The van der Waals surface area contributed by atoms with Crippen molar-refractivity contribution in [3.05, 3.63) is 35.4 Å². The van der Waals surface area contributed by atoms with E-state index < -0.39 is 0 Å². The van der Waals surface area contributed by atoms with Gasteiger partial charge in [-0.1, -0.05) is 0 Å². The Balaban J connectivity index is 2.38. The largest absolute Gasteiger partial charge is 0.506 e. The molecule has 1 aromatic heterocycles. The van der Waals surface area contributed by atoms with E-state index in [1.54, 1.807) is 10.9 Å². The van der Waals surface area contributed by atoms with Gasteiger partial charge < -0.3 is 5.11 Å². The molecule has 0 aliphatic rings. The number of nitrogens with zero attached hydrogens (tertiary/aromatic N) is 3. The molecule has 0 amide bonds. The standard InChI is InChI=1S/C10H8I2N4OS/c1-5-14-15-10(18)16(5)13-4-6-2-7(11)9(17)8(12)3-6/h2-4,17H,1H3,(H,15,18)/b13-4-. The van der Waals surface area contributed by atoms with E-state index in [1.807, 2.05) is 19.1 Å². The first kappa shape index (κ1) is 13.9. The van der Waals surface area contributed by atoms with Gasteiger partial charge in [0.1, 0.15) is 11.6 Å². The number of aromatic nitrogens is 3. The quantitative estimate of drug-likeness (QED) is 0.390. The summed E-state index contributed by atoms with van der Waals surface area (Å²) >= 11 is 9.21. The summed E-state index contributed by atoms with van der Waals surface area (Å²) in [5.41, 5.74) is 0.893. The predicted molar refractivity (Wildman–Crippen MR) is 88.7 cm³/mol. The molecule has 0 bridgehead atoms. The van der Waals surface area contributed by atoms with Gasteiger partial charge in [-0.25, -0.2) is 0 Å². The minimum absolute atomic E-state index is 0.296. The van der Waals surface area contributed by atoms with E-state index in [1.165, 1.54) is 0 Å². The van der Waals surface area contributed by atoms with Crippen LogP contribution >= 0.6 is 57.4 Å². The summed E-state index contributed by atoms with van der Waals surface area (Å²) < 4.78 is 3.57. The average Bonchev–Trinajstić information content (AvgIpc) is 2.63. The van der Waals surface area contributed by atoms with Crippen molar-refractivity contribution in [1.82, 2.24) is 14.9 Å². The fourth-order valence-electron chi connectivity index (χ4n) is 1.29. The number of hydrogen-bond acceptors (Lipinski definition) is 4. The van der Waals surface area contributed by atoms with Gasteiger partial charge >= 0.3 is 0 Å². The highest BCUT2D eigenvalue weighted by molar-refractivity contribution is 14.1. The van der Waals surface area contributed by atoms with E-state index in [0.717, 1.165) is 12.7 Å². The number of aromatic hydroxyl groups is 1. The molecule has 0 saturated heterocycles. The van der Waals surface area contributed by atoms with Crippen molar-refractivity contribution < 1.29 is 5.11 Å². The van der Waals surface area contributed by atoms with E-state index in [9.17, 15) is 5.11 Å². The van der Waals surface area contributed by atoms with Crippen molar-refractivity contribution in [2.24, 2.45) is 5.10 Å². The number of phenolic OH excluding ortho intramolecular Hbond substituents is 1. The SMILES string of the molecule is Cc1n[nH]c(=S)n1/N=C\c1cc(I)c(O)c(I)c1. The first-order valence-electron chi connectivity index (χ1n) is 4.85. The van der Waals surface area contributed by atoms with Crippen LogP contribution in [0.3, 0.4) is 0 Å². The number of benzene rings is 1. The first-order chi connectivity index (χ1) is 8.49. The molecule has 18 heavy (non-hydrogen) atoms. The molecule has 2 rings (SSSR count). The maximum atomic E-state index is 9.67. The Hall–Kier alpha value is -0.490. The summed E-state index contributed by atoms with van der Waals surface area (Å²) in [7, 11) is 0. The number of halogens is 2. The molecule has 1 aromatic carbocycles. The van der Waals surface area contributed by atoms with E-state index in [4.69, 9.17) is 12.2 Å². The molecule has 0 saturated carbocycles. The number of rotatable bonds is 2. The smallest absolute Gasteiger partial charge is 0.216 e. The Morgan fingerprint density at radius 1 is 1.44 bits per heavy atom. The van der Waals surface area contributed by atoms with Gasteiger partial charge in [0.2, 0.25) is 4.77 Å². The highest BCUT2D eigenvalue weighted by Crippen LogP contribution is 2.26. The topological polar surface area (TPSA) is 66.2 Å². The van der Waals surface area contributed by atoms with Gasteiger partial charge in [-0.2, -0.15) is 14.9 Å². The Labute approximate surface area is 136 Å². The van der Waals surface area contributed by atoms with Gasteiger partial charge in [-0.15, -0.1) is 0 Å². The summed E-state index contributed by atoms with van der Waals surface area (Å²) in [6.45, 7) is 1.81. The van der Waals surface area contributed by atoms with Crippen molar-refractivity contribution in [3.63, 3.8) is 0 Å². The average molecular weight is 486 g/mol. The van der Waals surface area contributed by atoms with Gasteiger partial charge in [-0.05, 0) is 82.0 Å². The molecule has 0 aliphatic heterocycles. The molecule has 0 unspecified atom stereocenters. The molecular weight excluding hydrogens is 478 g/mol. The van der Waals surface area contributed by atoms with E-state index in [0.29, 0.717) is 16.3 Å². The third-order valence-corrected chi connectivity index (χ3v) is 4.08. The third-order valence-electron chi connectivity index (χ3n) is 2.17. The minimum atomic E-state index is 0.296. The molecule has 1 heterocycles. The van der Waals surface area contributed by atoms with Crippen LogP contribution in [0.2, 0.25) is 0 Å². The zero-order chi connectivity index (χ0) is 13.3. The molecule has 2 aromatic rings. The van der Waals surface area contributed by atoms with E-state index in [-0.39, 0.29) is 0 Å². The lowest BCUT2D eigenvalue weighted by molar-refractivity contribution is 0.467. The molecule has 0 spiro atoms. The molecule has 0 fully saturated rings. The fourth-order valence-corrected chi connectivity index (χ4v) is 3.33. The number of H-pyrrole nitrogens is 1. The molecule has 8 heteroatoms. The highest BCUT2D eigenvalue weighted by Gasteiger charge is 2.04. The second kappa shape index (κ2) is 5.65. The lowest BCUT2D eigenvalue weighted by atomic mass is 10.2. The Morgan fingerprint density at radius 3 is 2.56 bits per heavy atom. The van der Waals surface area contributed by atoms with Crippen LogP contribution in [0.4, 0.5) is 0 Å². The van der Waals surface area contributed by atoms with Gasteiger partial charge in [0.15, 0.2) is 0 Å². The maximum Gasteiger partial charge on any atom is 0.216 e. The summed E-state index contributed by atoms with van der Waals surface area (Å²) in [6, 6.07) is 3.70. The summed E-state index contributed by atoms with van der Waals surface area (Å²) in [5.74, 6) is 0.990. The number of aromatic amines is 1. The van der Waals surface area contributed by atoms with Gasteiger partial charge in [0, 0.05) is 0 Å². The number of phenols is 1. The Bertz CT molecular complexity index is 654. The van der Waals surface area contributed by atoms with Gasteiger partial charge in [-0.3, -0.25) is 5.10 Å². The van der Waals surface area contributed by atoms with Crippen LogP contribution in [0.25, 0.3) is 0 Å². The van der Waals surface area contributed by atoms with Crippen LogP contribution in [-0.4, -0.2) is 26.2 Å². The fraction of sp³-hybridized carbons (Fsp3) is 0.100. The third kappa shape index (κ3) is 2.91. The van der Waals surface area contributed by atoms with Gasteiger partial charge in [0.05, 0.1) is 13.4 Å². The van der Waals surface area contributed by atoms with Crippen molar-refractivity contribution in [1.29, 1.82) is 0 Å². The normalized spacial score (nSPS) is 11.3. The molecule has 94 valence electrons. The number of nitrogens with one attached hydrogen (secondary N) is 1.